The summed E-state index contributed by atoms with van der Waals surface area (Å²) in [4.78, 5) is 42.9. The van der Waals surface area contributed by atoms with Crippen LogP contribution < -0.4 is 10.6 Å². The molecule has 2 atom stereocenters. The number of amides is 3. The zero-order valence-electron chi connectivity index (χ0n) is 25.2. The molecule has 1 aliphatic carbocycles. The topological polar surface area (TPSA) is 87.7 Å². The first-order valence-corrected chi connectivity index (χ1v) is 16.0. The number of nitrogens with one attached hydrogen (secondary N) is 2. The first-order valence-electron chi connectivity index (χ1n) is 14.6. The van der Waals surface area contributed by atoms with Crippen LogP contribution in [0.3, 0.4) is 0 Å². The number of aryl methyl sites for hydroxylation is 1. The van der Waals surface area contributed by atoms with Crippen molar-refractivity contribution in [3.05, 3.63) is 34.9 Å². The molecule has 0 saturated heterocycles. The molecule has 1 aromatic rings. The van der Waals surface area contributed by atoms with Crippen LogP contribution in [0.2, 0.25) is 0 Å². The Bertz CT molecular complexity index is 940. The lowest BCUT2D eigenvalue weighted by molar-refractivity contribution is -0.143. The van der Waals surface area contributed by atoms with Crippen molar-refractivity contribution in [3.63, 3.8) is 0 Å². The Balaban J connectivity index is 2.50. The molecular weight excluding hydrogens is 510 g/mol. The van der Waals surface area contributed by atoms with Crippen molar-refractivity contribution in [2.75, 3.05) is 18.6 Å². The Morgan fingerprint density at radius 1 is 1.10 bits per heavy atom. The second-order valence-corrected chi connectivity index (χ2v) is 12.7. The molecule has 2 N–H and O–H groups in total. The molecule has 1 aromatic carbocycles. The van der Waals surface area contributed by atoms with Gasteiger partial charge in [-0.3, -0.25) is 9.59 Å². The number of ether oxygens (including phenoxy) is 1. The summed E-state index contributed by atoms with van der Waals surface area (Å²) < 4.78 is 5.50. The van der Waals surface area contributed by atoms with E-state index in [1.165, 1.54) is 6.42 Å². The number of unbranched alkanes of at least 4 members (excludes halogenated alkanes) is 2. The molecule has 0 radical (unpaired) electrons. The van der Waals surface area contributed by atoms with E-state index in [4.69, 9.17) is 4.74 Å². The van der Waals surface area contributed by atoms with Crippen LogP contribution in [0.25, 0.3) is 0 Å². The Morgan fingerprint density at radius 2 is 1.79 bits per heavy atom. The smallest absolute Gasteiger partial charge is 0.408 e. The van der Waals surface area contributed by atoms with Crippen LogP contribution in [-0.4, -0.2) is 59.0 Å². The van der Waals surface area contributed by atoms with Crippen LogP contribution in [0.1, 0.15) is 108 Å². The molecule has 0 aromatic heterocycles. The lowest BCUT2D eigenvalue weighted by Gasteiger charge is -2.36. The summed E-state index contributed by atoms with van der Waals surface area (Å²) in [6.07, 6.45) is 9.87. The summed E-state index contributed by atoms with van der Waals surface area (Å²) >= 11 is 1.62. The number of thioether (sulfide) groups is 1. The highest BCUT2D eigenvalue weighted by molar-refractivity contribution is 7.98. The fourth-order valence-corrected chi connectivity index (χ4v) is 5.56. The zero-order valence-corrected chi connectivity index (χ0v) is 26.0. The number of carbonyl (C=O) groups is 3. The number of hydrogen-bond donors (Lipinski definition) is 2. The van der Waals surface area contributed by atoms with Crippen molar-refractivity contribution in [2.45, 2.75) is 123 Å². The molecule has 8 heteroatoms. The van der Waals surface area contributed by atoms with Gasteiger partial charge in [0.2, 0.25) is 11.8 Å². The molecule has 0 aliphatic heterocycles. The third-order valence-electron chi connectivity index (χ3n) is 7.34. The van der Waals surface area contributed by atoms with Gasteiger partial charge in [-0.1, -0.05) is 57.2 Å². The molecule has 0 heterocycles. The minimum absolute atomic E-state index is 0.124. The summed E-state index contributed by atoms with van der Waals surface area (Å²) in [7, 11) is 0. The largest absolute Gasteiger partial charge is 0.444 e. The van der Waals surface area contributed by atoms with Gasteiger partial charge in [0.25, 0.3) is 0 Å². The molecule has 1 saturated carbocycles. The maximum Gasteiger partial charge on any atom is 0.408 e. The van der Waals surface area contributed by atoms with Crippen LogP contribution in [-0.2, 0) is 14.3 Å². The minimum atomic E-state index is -0.788. The molecule has 2 unspecified atom stereocenters. The van der Waals surface area contributed by atoms with Crippen LogP contribution in [0.15, 0.2) is 18.2 Å². The third kappa shape index (κ3) is 10.7. The SMILES string of the molecule is CCCCCN(C(=O)C(CCSC)NC(=O)OC(C)(C)C)C(C(=O)NC1CCCCC1)c1cccc(C)c1C. The van der Waals surface area contributed by atoms with E-state index in [0.717, 1.165) is 61.6 Å². The predicted octanol–water partition coefficient (Wildman–Crippen LogP) is 6.46. The average molecular weight is 562 g/mol. The van der Waals surface area contributed by atoms with Crippen molar-refractivity contribution >= 4 is 29.7 Å². The Kier molecular flexibility index (Phi) is 13.7. The Morgan fingerprint density at radius 3 is 2.41 bits per heavy atom. The molecule has 39 heavy (non-hydrogen) atoms. The summed E-state index contributed by atoms with van der Waals surface area (Å²) in [5.74, 6) is 0.314. The monoisotopic (exact) mass is 561 g/mol. The van der Waals surface area contributed by atoms with Gasteiger partial charge in [0.1, 0.15) is 17.7 Å². The lowest BCUT2D eigenvalue weighted by Crippen LogP contribution is -2.54. The summed E-state index contributed by atoms with van der Waals surface area (Å²) in [5.41, 5.74) is 2.25. The third-order valence-corrected chi connectivity index (χ3v) is 7.98. The van der Waals surface area contributed by atoms with Crippen molar-refractivity contribution < 1.29 is 19.1 Å². The van der Waals surface area contributed by atoms with E-state index in [0.29, 0.717) is 18.7 Å². The maximum absolute atomic E-state index is 14.3. The molecule has 0 bridgehead atoms. The molecule has 2 rings (SSSR count). The first-order chi connectivity index (χ1) is 18.5. The Hall–Kier alpha value is -2.22. The number of alkyl carbamates (subject to hydrolysis) is 1. The van der Waals surface area contributed by atoms with Gasteiger partial charge in [-0.15, -0.1) is 0 Å². The van der Waals surface area contributed by atoms with Crippen molar-refractivity contribution in [1.82, 2.24) is 15.5 Å². The Labute approximate surface area is 240 Å². The predicted molar refractivity (Wildman–Crippen MR) is 161 cm³/mol. The minimum Gasteiger partial charge on any atom is -0.444 e. The van der Waals surface area contributed by atoms with E-state index >= 15 is 0 Å². The molecule has 1 aliphatic rings. The highest BCUT2D eigenvalue weighted by Gasteiger charge is 2.37. The summed E-state index contributed by atoms with van der Waals surface area (Å²) in [5, 5.41) is 6.13. The molecular formula is C31H51N3O4S. The molecule has 3 amide bonds. The van der Waals surface area contributed by atoms with E-state index in [-0.39, 0.29) is 17.9 Å². The van der Waals surface area contributed by atoms with Gasteiger partial charge in [-0.05, 0) is 89.0 Å². The van der Waals surface area contributed by atoms with Gasteiger partial charge < -0.3 is 20.3 Å². The van der Waals surface area contributed by atoms with Gasteiger partial charge >= 0.3 is 6.09 Å². The fraction of sp³-hybridized carbons (Fsp3) is 0.710. The number of hydrogen-bond acceptors (Lipinski definition) is 5. The second-order valence-electron chi connectivity index (χ2n) is 11.8. The molecule has 0 spiro atoms. The van der Waals surface area contributed by atoms with Gasteiger partial charge in [0.15, 0.2) is 0 Å². The maximum atomic E-state index is 14.3. The number of benzene rings is 1. The fourth-order valence-electron chi connectivity index (χ4n) is 5.09. The normalized spacial score (nSPS) is 15.8. The highest BCUT2D eigenvalue weighted by Crippen LogP contribution is 2.29. The molecule has 1 fully saturated rings. The van der Waals surface area contributed by atoms with E-state index in [9.17, 15) is 14.4 Å². The van der Waals surface area contributed by atoms with Crippen LogP contribution in [0.5, 0.6) is 0 Å². The van der Waals surface area contributed by atoms with Crippen LogP contribution in [0.4, 0.5) is 4.79 Å². The lowest BCUT2D eigenvalue weighted by atomic mass is 9.92. The first kappa shape index (κ1) is 33.0. The van der Waals surface area contributed by atoms with E-state index in [1.807, 2.05) is 38.3 Å². The van der Waals surface area contributed by atoms with Crippen molar-refractivity contribution in [3.8, 4) is 0 Å². The van der Waals surface area contributed by atoms with Crippen LogP contribution >= 0.6 is 11.8 Å². The van der Waals surface area contributed by atoms with Gasteiger partial charge in [-0.2, -0.15) is 11.8 Å². The van der Waals surface area contributed by atoms with Gasteiger partial charge in [0, 0.05) is 12.6 Å². The van der Waals surface area contributed by atoms with Crippen molar-refractivity contribution in [2.24, 2.45) is 0 Å². The molecule has 220 valence electrons. The molecule has 7 nitrogen and oxygen atoms in total. The number of rotatable bonds is 13. The highest BCUT2D eigenvalue weighted by atomic mass is 32.2. The summed E-state index contributed by atoms with van der Waals surface area (Å²) in [6, 6.07) is 4.52. The average Bonchev–Trinajstić information content (AvgIpc) is 2.87. The van der Waals surface area contributed by atoms with E-state index in [2.05, 4.69) is 17.6 Å². The van der Waals surface area contributed by atoms with E-state index in [1.54, 1.807) is 37.4 Å². The van der Waals surface area contributed by atoms with Crippen LogP contribution in [0, 0.1) is 13.8 Å². The quantitative estimate of drug-likeness (QED) is 0.270. The number of carbonyl (C=O) groups excluding carboxylic acids is 3. The standard InChI is InChI=1S/C31H51N3O4S/c1-8-9-13-20-34(29(36)26(19-21-39-7)33-30(37)38-31(4,5)6)27(25-18-14-15-22(2)23(25)3)28(35)32-24-16-11-10-12-17-24/h14-15,18,24,26-27H,8-13,16-17,19-21H2,1-7H3,(H,32,35)(H,33,37). The van der Waals surface area contributed by atoms with Gasteiger partial charge in [0.05, 0.1) is 0 Å². The van der Waals surface area contributed by atoms with Gasteiger partial charge in [-0.25, -0.2) is 4.79 Å². The summed E-state index contributed by atoms with van der Waals surface area (Å²) in [6.45, 7) is 12.0. The van der Waals surface area contributed by atoms with Crippen molar-refractivity contribution in [1.29, 1.82) is 0 Å². The second kappa shape index (κ2) is 16.1. The number of nitrogens with zero attached hydrogens (tertiary/aromatic N) is 1. The van der Waals surface area contributed by atoms with E-state index < -0.39 is 23.8 Å². The zero-order chi connectivity index (χ0) is 29.0.